The van der Waals surface area contributed by atoms with Crippen molar-refractivity contribution < 1.29 is 14.3 Å². The molecule has 1 aliphatic rings. The van der Waals surface area contributed by atoms with E-state index in [2.05, 4.69) is 0 Å². The smallest absolute Gasteiger partial charge is 0.312 e. The van der Waals surface area contributed by atoms with Gasteiger partial charge in [0.15, 0.2) is 0 Å². The van der Waals surface area contributed by atoms with Crippen LogP contribution in [0.3, 0.4) is 0 Å². The summed E-state index contributed by atoms with van der Waals surface area (Å²) < 4.78 is 5.20. The van der Waals surface area contributed by atoms with Gasteiger partial charge in [0.2, 0.25) is 0 Å². The van der Waals surface area contributed by atoms with Crippen LogP contribution in [-0.4, -0.2) is 54.9 Å². The van der Waals surface area contributed by atoms with Gasteiger partial charge in [-0.15, -0.1) is 0 Å². The van der Waals surface area contributed by atoms with E-state index in [1.807, 2.05) is 31.2 Å². The number of carbonyl (C=O) groups excluding carboxylic acids is 2. The van der Waals surface area contributed by atoms with Gasteiger partial charge in [-0.2, -0.15) is 0 Å². The number of nitrogens with two attached hydrogens (primary N) is 1. The summed E-state index contributed by atoms with van der Waals surface area (Å²) in [7, 11) is 1.59. The molecule has 0 bridgehead atoms. The van der Waals surface area contributed by atoms with Gasteiger partial charge >= 0.3 is 11.8 Å². The third-order valence-corrected chi connectivity index (χ3v) is 3.80. The molecule has 21 heavy (non-hydrogen) atoms. The molecule has 1 heterocycles. The third-order valence-electron chi connectivity index (χ3n) is 3.80. The number of nitrogens with zero attached hydrogens (tertiary/aromatic N) is 2. The minimum absolute atomic E-state index is 0.262. The molecule has 1 atom stereocenters. The van der Waals surface area contributed by atoms with Crippen molar-refractivity contribution >= 4 is 11.8 Å². The number of hydrogen-bond donors (Lipinski definition) is 1. The first-order valence-electron chi connectivity index (χ1n) is 7.06. The van der Waals surface area contributed by atoms with Crippen LogP contribution in [0.5, 0.6) is 5.75 Å². The van der Waals surface area contributed by atoms with Crippen LogP contribution in [0.4, 0.5) is 0 Å². The molecule has 0 aromatic heterocycles. The van der Waals surface area contributed by atoms with E-state index in [1.165, 1.54) is 0 Å². The summed E-state index contributed by atoms with van der Waals surface area (Å²) in [6.07, 6.45) is 0. The van der Waals surface area contributed by atoms with Gasteiger partial charge in [0, 0.05) is 26.2 Å². The second-order valence-electron chi connectivity index (χ2n) is 4.91. The van der Waals surface area contributed by atoms with Gasteiger partial charge in [-0.05, 0) is 24.6 Å². The van der Waals surface area contributed by atoms with E-state index >= 15 is 0 Å². The molecule has 1 aromatic carbocycles. The number of carbonyl (C=O) groups is 2. The van der Waals surface area contributed by atoms with Gasteiger partial charge in [0.05, 0.1) is 13.2 Å². The Morgan fingerprint density at radius 3 is 2.67 bits per heavy atom. The fraction of sp³-hybridized carbons (Fsp3) is 0.467. The monoisotopic (exact) mass is 291 g/mol. The lowest BCUT2D eigenvalue weighted by Crippen LogP contribution is -2.55. The fourth-order valence-electron chi connectivity index (χ4n) is 2.58. The zero-order chi connectivity index (χ0) is 15.4. The number of likely N-dealkylation sites (N-methyl/N-ethyl adjacent to an activating group) is 1. The van der Waals surface area contributed by atoms with Crippen molar-refractivity contribution in [1.82, 2.24) is 9.80 Å². The lowest BCUT2D eigenvalue weighted by atomic mass is 10.0. The molecule has 1 saturated heterocycles. The molecule has 6 nitrogen and oxygen atoms in total. The van der Waals surface area contributed by atoms with Gasteiger partial charge in [-0.25, -0.2) is 0 Å². The summed E-state index contributed by atoms with van der Waals surface area (Å²) in [6.45, 7) is 3.71. The van der Waals surface area contributed by atoms with Crippen molar-refractivity contribution in [3.05, 3.63) is 29.8 Å². The zero-order valence-electron chi connectivity index (χ0n) is 12.4. The minimum atomic E-state index is -0.485. The predicted octanol–water partition coefficient (Wildman–Crippen LogP) is 0.386. The highest BCUT2D eigenvalue weighted by Crippen LogP contribution is 2.25. The number of piperazine rings is 1. The average Bonchev–Trinajstić information content (AvgIpc) is 2.52. The molecule has 0 radical (unpaired) electrons. The molecular formula is C15H21N3O3. The molecule has 0 aliphatic carbocycles. The maximum Gasteiger partial charge on any atom is 0.312 e. The van der Waals surface area contributed by atoms with E-state index in [4.69, 9.17) is 10.5 Å². The molecule has 0 spiro atoms. The lowest BCUT2D eigenvalue weighted by Gasteiger charge is -2.38. The second kappa shape index (κ2) is 6.58. The first kappa shape index (κ1) is 15.3. The molecule has 114 valence electrons. The van der Waals surface area contributed by atoms with E-state index in [-0.39, 0.29) is 12.6 Å². The van der Waals surface area contributed by atoms with Crippen molar-refractivity contribution in [2.75, 3.05) is 33.3 Å². The first-order chi connectivity index (χ1) is 10.1. The standard InChI is InChI=1S/C15H21N3O3/c1-3-17-7-8-18(15(20)14(17)19)13(10-16)11-5-4-6-12(9-11)21-2/h4-6,9,13H,3,7-8,10,16H2,1-2H3. The molecule has 1 aliphatic heterocycles. The second-order valence-corrected chi connectivity index (χ2v) is 4.91. The van der Waals surface area contributed by atoms with E-state index in [0.29, 0.717) is 25.4 Å². The fourth-order valence-corrected chi connectivity index (χ4v) is 2.58. The van der Waals surface area contributed by atoms with Gasteiger partial charge in [0.1, 0.15) is 5.75 Å². The molecule has 0 saturated carbocycles. The Kier molecular flexibility index (Phi) is 4.80. The predicted molar refractivity (Wildman–Crippen MR) is 78.8 cm³/mol. The Hall–Kier alpha value is -2.08. The van der Waals surface area contributed by atoms with Crippen LogP contribution in [-0.2, 0) is 9.59 Å². The summed E-state index contributed by atoms with van der Waals surface area (Å²) in [5, 5.41) is 0. The third kappa shape index (κ3) is 3.00. The molecule has 1 fully saturated rings. The highest BCUT2D eigenvalue weighted by Gasteiger charge is 2.35. The average molecular weight is 291 g/mol. The molecule has 1 aromatic rings. The Morgan fingerprint density at radius 1 is 1.29 bits per heavy atom. The van der Waals surface area contributed by atoms with E-state index < -0.39 is 11.8 Å². The first-order valence-corrected chi connectivity index (χ1v) is 7.06. The Morgan fingerprint density at radius 2 is 2.05 bits per heavy atom. The normalized spacial score (nSPS) is 17.1. The highest BCUT2D eigenvalue weighted by molar-refractivity contribution is 6.35. The van der Waals surface area contributed by atoms with Crippen LogP contribution in [0.2, 0.25) is 0 Å². The molecule has 1 unspecified atom stereocenters. The molecule has 2 N–H and O–H groups in total. The van der Waals surface area contributed by atoms with E-state index in [9.17, 15) is 9.59 Å². The number of methoxy groups -OCH3 is 1. The van der Waals surface area contributed by atoms with E-state index in [0.717, 1.165) is 5.56 Å². The summed E-state index contributed by atoms with van der Waals surface area (Å²) >= 11 is 0. The summed E-state index contributed by atoms with van der Waals surface area (Å²) in [6, 6.07) is 7.12. The van der Waals surface area contributed by atoms with Gasteiger partial charge in [-0.1, -0.05) is 12.1 Å². The number of benzene rings is 1. The highest BCUT2D eigenvalue weighted by atomic mass is 16.5. The largest absolute Gasteiger partial charge is 0.497 e. The van der Waals surface area contributed by atoms with Crippen LogP contribution in [0.15, 0.2) is 24.3 Å². The van der Waals surface area contributed by atoms with Crippen molar-refractivity contribution in [3.8, 4) is 5.75 Å². The summed E-state index contributed by atoms with van der Waals surface area (Å²) in [4.78, 5) is 27.4. The number of ether oxygens (including phenoxy) is 1. The summed E-state index contributed by atoms with van der Waals surface area (Å²) in [5.41, 5.74) is 6.72. The Bertz CT molecular complexity index is 533. The van der Waals surface area contributed by atoms with Crippen molar-refractivity contribution in [1.29, 1.82) is 0 Å². The van der Waals surface area contributed by atoms with Crippen molar-refractivity contribution in [2.24, 2.45) is 5.73 Å². The Balaban J connectivity index is 2.25. The topological polar surface area (TPSA) is 75.9 Å². The van der Waals surface area contributed by atoms with Crippen molar-refractivity contribution in [3.63, 3.8) is 0 Å². The maximum absolute atomic E-state index is 12.3. The Labute approximate surface area is 124 Å². The van der Waals surface area contributed by atoms with E-state index in [1.54, 1.807) is 16.9 Å². The quantitative estimate of drug-likeness (QED) is 0.796. The van der Waals surface area contributed by atoms with Gasteiger partial charge in [0.25, 0.3) is 0 Å². The van der Waals surface area contributed by atoms with Crippen LogP contribution in [0.25, 0.3) is 0 Å². The molecular weight excluding hydrogens is 270 g/mol. The van der Waals surface area contributed by atoms with Crippen LogP contribution >= 0.6 is 0 Å². The SMILES string of the molecule is CCN1CCN(C(CN)c2cccc(OC)c2)C(=O)C1=O. The molecule has 2 amide bonds. The van der Waals surface area contributed by atoms with Crippen LogP contribution in [0.1, 0.15) is 18.5 Å². The zero-order valence-corrected chi connectivity index (χ0v) is 12.4. The van der Waals surface area contributed by atoms with Gasteiger partial charge in [-0.3, -0.25) is 9.59 Å². The maximum atomic E-state index is 12.3. The van der Waals surface area contributed by atoms with Gasteiger partial charge < -0.3 is 20.3 Å². The molecule has 2 rings (SSSR count). The van der Waals surface area contributed by atoms with Crippen molar-refractivity contribution in [2.45, 2.75) is 13.0 Å². The lowest BCUT2D eigenvalue weighted by molar-refractivity contribution is -0.157. The number of hydrogen-bond acceptors (Lipinski definition) is 4. The molecule has 6 heteroatoms. The van der Waals surface area contributed by atoms with Crippen LogP contribution < -0.4 is 10.5 Å². The van der Waals surface area contributed by atoms with Crippen LogP contribution in [0, 0.1) is 0 Å². The number of amides is 2. The minimum Gasteiger partial charge on any atom is -0.497 e. The summed E-state index contributed by atoms with van der Waals surface area (Å²) in [5.74, 6) is -0.233. The number of rotatable bonds is 5.